The van der Waals surface area contributed by atoms with E-state index >= 15 is 0 Å². The number of hydrogen-bond donors (Lipinski definition) is 3. The Hall–Kier alpha value is -2.12. The molecule has 8 heteroatoms. The van der Waals surface area contributed by atoms with Gasteiger partial charge in [0.15, 0.2) is 6.04 Å². The number of likely N-dealkylation sites (N-methyl/N-ethyl adjacent to an activating group) is 1. The van der Waals surface area contributed by atoms with Crippen LogP contribution in [-0.2, 0) is 11.3 Å². The molecule has 0 saturated heterocycles. The number of hydrogen-bond acceptors (Lipinski definition) is 4. The molecule has 0 aromatic heterocycles. The lowest BCUT2D eigenvalue weighted by Gasteiger charge is -2.33. The summed E-state index contributed by atoms with van der Waals surface area (Å²) >= 11 is 12.6. The number of amides is 1. The number of aliphatic carboxylic acids is 1. The minimum atomic E-state index is -1.35. The second-order valence-electron chi connectivity index (χ2n) is 6.88. The first-order valence-corrected chi connectivity index (χ1v) is 9.46. The van der Waals surface area contributed by atoms with Crippen molar-refractivity contribution >= 4 is 35.1 Å². The molecular formula is C20H20Cl2N2O4. The monoisotopic (exact) mass is 422 g/mol. The molecule has 0 fully saturated rings. The number of benzene rings is 2. The lowest BCUT2D eigenvalue weighted by Crippen LogP contribution is -2.43. The van der Waals surface area contributed by atoms with E-state index in [1.165, 1.54) is 0 Å². The maximum Gasteiger partial charge on any atom is 0.328 e. The predicted molar refractivity (Wildman–Crippen MR) is 107 cm³/mol. The summed E-state index contributed by atoms with van der Waals surface area (Å²) in [4.78, 5) is 25.6. The minimum absolute atomic E-state index is 0.0363. The molecule has 3 rings (SSSR count). The average Bonchev–Trinajstić information content (AvgIpc) is 2.65. The standard InChI is InChI=1S/C20H20Cl2N2O4/c1-24-8-15(14-6-13(21)7-17(22)16(14)9-24)11-3-2-4-12(5-11)19(26)23-18(10-25)20(27)28/h2-7,15,18,25H,8-10H2,1H3,(H,23,26)(H,27,28). The molecule has 1 aliphatic rings. The van der Waals surface area contributed by atoms with Crippen LogP contribution >= 0.6 is 23.2 Å². The van der Waals surface area contributed by atoms with Gasteiger partial charge in [0.05, 0.1) is 6.61 Å². The van der Waals surface area contributed by atoms with Gasteiger partial charge in [0.2, 0.25) is 0 Å². The molecule has 2 aromatic rings. The molecule has 148 valence electrons. The Morgan fingerprint density at radius 2 is 2.04 bits per heavy atom. The Kier molecular flexibility index (Phi) is 6.25. The van der Waals surface area contributed by atoms with E-state index in [2.05, 4.69) is 10.2 Å². The summed E-state index contributed by atoms with van der Waals surface area (Å²) < 4.78 is 0. The molecule has 2 atom stereocenters. The SMILES string of the molecule is CN1Cc2c(Cl)cc(Cl)cc2C(c2cccc(C(=O)NC(CO)C(=O)O)c2)C1. The Morgan fingerprint density at radius 3 is 2.71 bits per heavy atom. The van der Waals surface area contributed by atoms with Gasteiger partial charge in [0, 0.05) is 34.6 Å². The van der Waals surface area contributed by atoms with Crippen molar-refractivity contribution < 1.29 is 19.8 Å². The Bertz CT molecular complexity index is 919. The number of carbonyl (C=O) groups is 2. The van der Waals surface area contributed by atoms with Gasteiger partial charge in [-0.15, -0.1) is 0 Å². The number of aliphatic hydroxyl groups excluding tert-OH is 1. The fraction of sp³-hybridized carbons (Fsp3) is 0.300. The molecule has 0 saturated carbocycles. The van der Waals surface area contributed by atoms with E-state index in [-0.39, 0.29) is 5.92 Å². The molecule has 6 nitrogen and oxygen atoms in total. The third-order valence-electron chi connectivity index (χ3n) is 4.83. The van der Waals surface area contributed by atoms with E-state index in [0.29, 0.717) is 22.2 Å². The van der Waals surface area contributed by atoms with Gasteiger partial charge in [-0.3, -0.25) is 4.79 Å². The van der Waals surface area contributed by atoms with Crippen LogP contribution in [0.15, 0.2) is 36.4 Å². The highest BCUT2D eigenvalue weighted by Crippen LogP contribution is 2.38. The summed E-state index contributed by atoms with van der Waals surface area (Å²) in [5.41, 5.74) is 3.24. The normalized spacial score (nSPS) is 17.6. The summed E-state index contributed by atoms with van der Waals surface area (Å²) in [6.07, 6.45) is 0. The zero-order valence-electron chi connectivity index (χ0n) is 15.2. The molecule has 0 radical (unpaired) electrons. The molecule has 2 aromatic carbocycles. The fourth-order valence-corrected chi connectivity index (χ4v) is 4.02. The lowest BCUT2D eigenvalue weighted by molar-refractivity contribution is -0.140. The third kappa shape index (κ3) is 4.31. The maximum atomic E-state index is 12.4. The molecular weight excluding hydrogens is 403 g/mol. The Labute approximate surface area is 172 Å². The number of nitrogens with one attached hydrogen (secondary N) is 1. The first kappa shape index (κ1) is 20.6. The first-order valence-electron chi connectivity index (χ1n) is 8.71. The number of fused-ring (bicyclic) bond motifs is 1. The van der Waals surface area contributed by atoms with Crippen molar-refractivity contribution in [3.8, 4) is 0 Å². The summed E-state index contributed by atoms with van der Waals surface area (Å²) in [5.74, 6) is -1.89. The molecule has 0 aliphatic carbocycles. The smallest absolute Gasteiger partial charge is 0.328 e. The van der Waals surface area contributed by atoms with E-state index in [0.717, 1.165) is 23.2 Å². The van der Waals surface area contributed by atoms with Crippen LogP contribution in [0.1, 0.15) is 33.0 Å². The van der Waals surface area contributed by atoms with Gasteiger partial charge in [-0.1, -0.05) is 35.3 Å². The van der Waals surface area contributed by atoms with Crippen molar-refractivity contribution in [1.82, 2.24) is 10.2 Å². The molecule has 3 N–H and O–H groups in total. The number of aliphatic hydroxyl groups is 1. The maximum absolute atomic E-state index is 12.4. The lowest BCUT2D eigenvalue weighted by atomic mass is 9.84. The van der Waals surface area contributed by atoms with Gasteiger partial charge in [0.1, 0.15) is 0 Å². The van der Waals surface area contributed by atoms with Crippen LogP contribution < -0.4 is 5.32 Å². The molecule has 28 heavy (non-hydrogen) atoms. The molecule has 0 spiro atoms. The molecule has 1 amide bonds. The summed E-state index contributed by atoms with van der Waals surface area (Å²) in [6.45, 7) is 0.750. The second kappa shape index (κ2) is 8.49. The average molecular weight is 423 g/mol. The zero-order valence-corrected chi connectivity index (χ0v) is 16.7. The summed E-state index contributed by atoms with van der Waals surface area (Å²) in [7, 11) is 2.00. The van der Waals surface area contributed by atoms with E-state index in [1.807, 2.05) is 19.2 Å². The van der Waals surface area contributed by atoms with Crippen LogP contribution in [0.3, 0.4) is 0 Å². The fourth-order valence-electron chi connectivity index (χ4n) is 3.45. The van der Waals surface area contributed by atoms with E-state index in [9.17, 15) is 9.59 Å². The van der Waals surface area contributed by atoms with Crippen molar-refractivity contribution in [3.63, 3.8) is 0 Å². The number of halogens is 2. The van der Waals surface area contributed by atoms with Gasteiger partial charge in [-0.2, -0.15) is 0 Å². The number of carbonyl (C=O) groups excluding carboxylic acids is 1. The number of carboxylic acid groups (broad SMARTS) is 1. The number of nitrogens with zero attached hydrogens (tertiary/aromatic N) is 1. The minimum Gasteiger partial charge on any atom is -0.480 e. The van der Waals surface area contributed by atoms with E-state index in [4.69, 9.17) is 33.4 Å². The molecule has 1 aliphatic heterocycles. The quantitative estimate of drug-likeness (QED) is 0.688. The highest BCUT2D eigenvalue weighted by molar-refractivity contribution is 6.35. The van der Waals surface area contributed by atoms with Crippen molar-refractivity contribution in [2.75, 3.05) is 20.2 Å². The van der Waals surface area contributed by atoms with Crippen LogP contribution in [0.4, 0.5) is 0 Å². The van der Waals surface area contributed by atoms with Crippen LogP contribution in [-0.4, -0.2) is 53.2 Å². The molecule has 0 bridgehead atoms. The van der Waals surface area contributed by atoms with Crippen molar-refractivity contribution in [1.29, 1.82) is 0 Å². The van der Waals surface area contributed by atoms with E-state index < -0.39 is 24.5 Å². The largest absolute Gasteiger partial charge is 0.480 e. The van der Waals surface area contributed by atoms with Gasteiger partial charge < -0.3 is 20.4 Å². The van der Waals surface area contributed by atoms with Gasteiger partial charge in [-0.05, 0) is 48.0 Å². The van der Waals surface area contributed by atoms with Crippen LogP contribution in [0.25, 0.3) is 0 Å². The third-order valence-corrected chi connectivity index (χ3v) is 5.39. The highest BCUT2D eigenvalue weighted by atomic mass is 35.5. The van der Waals surface area contributed by atoms with Crippen LogP contribution in [0, 0.1) is 0 Å². The number of carboxylic acids is 1. The van der Waals surface area contributed by atoms with Gasteiger partial charge in [0.25, 0.3) is 5.91 Å². The van der Waals surface area contributed by atoms with Crippen molar-refractivity contribution in [2.45, 2.75) is 18.5 Å². The van der Waals surface area contributed by atoms with Gasteiger partial charge >= 0.3 is 5.97 Å². The zero-order chi connectivity index (χ0) is 20.4. The molecule has 1 heterocycles. The molecule has 2 unspecified atom stereocenters. The summed E-state index contributed by atoms with van der Waals surface area (Å²) in [5, 5.41) is 21.6. The number of rotatable bonds is 5. The first-order chi connectivity index (χ1) is 13.3. The van der Waals surface area contributed by atoms with E-state index in [1.54, 1.807) is 24.3 Å². The Morgan fingerprint density at radius 1 is 1.29 bits per heavy atom. The highest BCUT2D eigenvalue weighted by Gasteiger charge is 2.28. The predicted octanol–water partition coefficient (Wildman–Crippen LogP) is 2.75. The Balaban J connectivity index is 1.95. The topological polar surface area (TPSA) is 89.9 Å². The van der Waals surface area contributed by atoms with Gasteiger partial charge in [-0.25, -0.2) is 4.79 Å². The second-order valence-corrected chi connectivity index (χ2v) is 7.72. The van der Waals surface area contributed by atoms with Crippen molar-refractivity contribution in [2.24, 2.45) is 0 Å². The summed E-state index contributed by atoms with van der Waals surface area (Å²) in [6, 6.07) is 9.28. The van der Waals surface area contributed by atoms with Crippen LogP contribution in [0.2, 0.25) is 10.0 Å². The van der Waals surface area contributed by atoms with Crippen molar-refractivity contribution in [3.05, 3.63) is 68.7 Å². The van der Waals surface area contributed by atoms with Crippen LogP contribution in [0.5, 0.6) is 0 Å².